The molecule has 8 heteroatoms. The van der Waals surface area contributed by atoms with Crippen LogP contribution in [0.2, 0.25) is 0 Å². The van der Waals surface area contributed by atoms with Crippen molar-refractivity contribution >= 4 is 16.9 Å². The Morgan fingerprint density at radius 3 is 2.39 bits per heavy atom. The minimum absolute atomic E-state index is 0.00209. The Bertz CT molecular complexity index is 1130. The van der Waals surface area contributed by atoms with E-state index in [0.717, 1.165) is 10.1 Å². The summed E-state index contributed by atoms with van der Waals surface area (Å²) in [5.74, 6) is -0.363. The van der Waals surface area contributed by atoms with E-state index in [2.05, 4.69) is 10.3 Å². The lowest BCUT2D eigenvalue weighted by Crippen LogP contribution is -2.38. The molecule has 146 valence electrons. The second kappa shape index (κ2) is 7.77. The van der Waals surface area contributed by atoms with Crippen LogP contribution in [0.1, 0.15) is 22.1 Å². The number of hydrogen-bond donors (Lipinski definition) is 1. The third kappa shape index (κ3) is 3.59. The molecule has 0 aliphatic heterocycles. The minimum Gasteiger partial charge on any atom is -0.349 e. The number of nitrogens with one attached hydrogen (secondary N) is 1. The number of hydrogen-bond acceptors (Lipinski definition) is 5. The van der Waals surface area contributed by atoms with E-state index in [0.29, 0.717) is 6.54 Å². The number of carbonyl (C=O) groups is 1. The van der Waals surface area contributed by atoms with Crippen molar-refractivity contribution < 1.29 is 4.79 Å². The van der Waals surface area contributed by atoms with Gasteiger partial charge in [0, 0.05) is 20.6 Å². The number of benzene rings is 1. The molecular formula is C20H23N5O3. The molecule has 3 rings (SSSR count). The summed E-state index contributed by atoms with van der Waals surface area (Å²) in [7, 11) is 6.83. The highest BCUT2D eigenvalue weighted by Crippen LogP contribution is 2.17. The van der Waals surface area contributed by atoms with Crippen LogP contribution in [-0.4, -0.2) is 45.6 Å². The van der Waals surface area contributed by atoms with Crippen molar-refractivity contribution in [3.05, 3.63) is 74.6 Å². The SMILES string of the molecule is CN(C)C(CNC(=O)c1ccc2c(=O)n(C)c(=O)n(C)c2n1)c1ccccc1. The molecule has 0 spiro atoms. The first-order chi connectivity index (χ1) is 13.3. The van der Waals surface area contributed by atoms with Crippen LogP contribution in [0.5, 0.6) is 0 Å². The summed E-state index contributed by atoms with van der Waals surface area (Å²) >= 11 is 0. The highest BCUT2D eigenvalue weighted by atomic mass is 16.2. The van der Waals surface area contributed by atoms with Gasteiger partial charge in [0.25, 0.3) is 11.5 Å². The van der Waals surface area contributed by atoms with Gasteiger partial charge >= 0.3 is 5.69 Å². The maximum atomic E-state index is 12.6. The number of carbonyl (C=O) groups excluding carboxylic acids is 1. The molecule has 1 amide bonds. The monoisotopic (exact) mass is 381 g/mol. The van der Waals surface area contributed by atoms with Crippen LogP contribution in [0.4, 0.5) is 0 Å². The van der Waals surface area contributed by atoms with E-state index in [-0.39, 0.29) is 28.7 Å². The average molecular weight is 381 g/mol. The lowest BCUT2D eigenvalue weighted by Gasteiger charge is -2.25. The molecule has 1 N–H and O–H groups in total. The second-order valence-corrected chi connectivity index (χ2v) is 6.87. The van der Waals surface area contributed by atoms with Crippen LogP contribution in [0.3, 0.4) is 0 Å². The molecule has 0 radical (unpaired) electrons. The number of rotatable bonds is 5. The standard InChI is InChI=1S/C20H23N5O3/c1-23(2)16(13-8-6-5-7-9-13)12-21-18(26)15-11-10-14-17(22-15)24(3)20(28)25(4)19(14)27/h5-11,16H,12H2,1-4H3,(H,21,26). The van der Waals surface area contributed by atoms with Crippen LogP contribution in [0.15, 0.2) is 52.1 Å². The Balaban J connectivity index is 1.87. The first-order valence-electron chi connectivity index (χ1n) is 8.87. The fourth-order valence-electron chi connectivity index (χ4n) is 3.13. The summed E-state index contributed by atoms with van der Waals surface area (Å²) in [6, 6.07) is 12.9. The van der Waals surface area contributed by atoms with E-state index < -0.39 is 11.2 Å². The van der Waals surface area contributed by atoms with Gasteiger partial charge in [0.05, 0.1) is 11.4 Å². The Morgan fingerprint density at radius 2 is 1.75 bits per heavy atom. The Kier molecular flexibility index (Phi) is 5.41. The zero-order chi connectivity index (χ0) is 20.4. The van der Waals surface area contributed by atoms with Crippen molar-refractivity contribution in [2.24, 2.45) is 14.1 Å². The van der Waals surface area contributed by atoms with Crippen molar-refractivity contribution in [3.8, 4) is 0 Å². The van der Waals surface area contributed by atoms with Crippen molar-refractivity contribution in [1.29, 1.82) is 0 Å². The van der Waals surface area contributed by atoms with E-state index in [1.165, 1.54) is 30.8 Å². The van der Waals surface area contributed by atoms with Gasteiger partial charge in [-0.05, 0) is 31.8 Å². The third-order valence-electron chi connectivity index (χ3n) is 4.80. The van der Waals surface area contributed by atoms with E-state index >= 15 is 0 Å². The molecule has 0 saturated heterocycles. The van der Waals surface area contributed by atoms with Crippen LogP contribution < -0.4 is 16.6 Å². The maximum Gasteiger partial charge on any atom is 0.332 e. The molecule has 8 nitrogen and oxygen atoms in total. The summed E-state index contributed by atoms with van der Waals surface area (Å²) in [4.78, 5) is 43.3. The number of nitrogens with zero attached hydrogens (tertiary/aromatic N) is 4. The van der Waals surface area contributed by atoms with Gasteiger partial charge in [-0.3, -0.25) is 18.7 Å². The summed E-state index contributed by atoms with van der Waals surface area (Å²) in [5, 5.41) is 3.18. The molecule has 28 heavy (non-hydrogen) atoms. The van der Waals surface area contributed by atoms with Crippen LogP contribution >= 0.6 is 0 Å². The van der Waals surface area contributed by atoms with Crippen LogP contribution in [0, 0.1) is 0 Å². The largest absolute Gasteiger partial charge is 0.349 e. The number of aryl methyl sites for hydroxylation is 1. The van der Waals surface area contributed by atoms with Crippen molar-refractivity contribution in [2.75, 3.05) is 20.6 Å². The molecule has 0 saturated carbocycles. The van der Waals surface area contributed by atoms with E-state index in [4.69, 9.17) is 0 Å². The lowest BCUT2D eigenvalue weighted by molar-refractivity contribution is 0.0937. The molecular weight excluding hydrogens is 358 g/mol. The second-order valence-electron chi connectivity index (χ2n) is 6.87. The first kappa shape index (κ1) is 19.5. The Morgan fingerprint density at radius 1 is 1.07 bits per heavy atom. The summed E-state index contributed by atoms with van der Waals surface area (Å²) in [5.41, 5.74) is 0.507. The van der Waals surface area contributed by atoms with E-state index in [9.17, 15) is 14.4 Å². The molecule has 3 aromatic rings. The topological polar surface area (TPSA) is 89.2 Å². The first-order valence-corrected chi connectivity index (χ1v) is 8.87. The molecule has 0 aliphatic carbocycles. The van der Waals surface area contributed by atoms with Crippen molar-refractivity contribution in [2.45, 2.75) is 6.04 Å². The maximum absolute atomic E-state index is 12.6. The average Bonchev–Trinajstić information content (AvgIpc) is 2.70. The summed E-state index contributed by atoms with van der Waals surface area (Å²) < 4.78 is 2.28. The van der Waals surface area contributed by atoms with Gasteiger partial charge in [0.1, 0.15) is 11.3 Å². The molecule has 2 aromatic heterocycles. The normalized spacial score (nSPS) is 12.3. The molecule has 0 fully saturated rings. The predicted molar refractivity (Wildman–Crippen MR) is 107 cm³/mol. The number of aromatic nitrogens is 3. The summed E-state index contributed by atoms with van der Waals surface area (Å²) in [6.45, 7) is 0.394. The van der Waals surface area contributed by atoms with E-state index in [1.54, 1.807) is 0 Å². The Labute approximate surface area is 162 Å². The van der Waals surface area contributed by atoms with Crippen molar-refractivity contribution in [1.82, 2.24) is 24.3 Å². The van der Waals surface area contributed by atoms with Gasteiger partial charge < -0.3 is 10.2 Å². The molecule has 1 unspecified atom stereocenters. The Hall–Kier alpha value is -3.26. The molecule has 1 aromatic carbocycles. The van der Waals surface area contributed by atoms with Gasteiger partial charge in [-0.1, -0.05) is 30.3 Å². The van der Waals surface area contributed by atoms with Crippen LogP contribution in [0.25, 0.3) is 11.0 Å². The number of amides is 1. The van der Waals surface area contributed by atoms with Gasteiger partial charge in [-0.25, -0.2) is 9.78 Å². The third-order valence-corrected chi connectivity index (χ3v) is 4.80. The zero-order valence-corrected chi connectivity index (χ0v) is 16.3. The fourth-order valence-corrected chi connectivity index (χ4v) is 3.13. The fraction of sp³-hybridized carbons (Fsp3) is 0.300. The molecule has 2 heterocycles. The van der Waals surface area contributed by atoms with E-state index in [1.807, 2.05) is 49.3 Å². The number of fused-ring (bicyclic) bond motifs is 1. The zero-order valence-electron chi connectivity index (χ0n) is 16.3. The van der Waals surface area contributed by atoms with Gasteiger partial charge in [0.15, 0.2) is 0 Å². The number of pyridine rings is 1. The highest BCUT2D eigenvalue weighted by Gasteiger charge is 2.17. The van der Waals surface area contributed by atoms with Crippen molar-refractivity contribution in [3.63, 3.8) is 0 Å². The van der Waals surface area contributed by atoms with Gasteiger partial charge in [-0.2, -0.15) is 0 Å². The number of likely N-dealkylation sites (N-methyl/N-ethyl adjacent to an activating group) is 1. The molecule has 0 aliphatic rings. The quantitative estimate of drug-likeness (QED) is 0.702. The minimum atomic E-state index is -0.487. The lowest BCUT2D eigenvalue weighted by atomic mass is 10.1. The van der Waals surface area contributed by atoms with Crippen LogP contribution in [-0.2, 0) is 14.1 Å². The van der Waals surface area contributed by atoms with Gasteiger partial charge in [-0.15, -0.1) is 0 Å². The molecule has 1 atom stereocenters. The van der Waals surface area contributed by atoms with Gasteiger partial charge in [0.2, 0.25) is 0 Å². The smallest absolute Gasteiger partial charge is 0.332 e. The molecule has 0 bridgehead atoms. The summed E-state index contributed by atoms with van der Waals surface area (Å²) in [6.07, 6.45) is 0. The predicted octanol–water partition coefficient (Wildman–Crippen LogP) is 0.665. The highest BCUT2D eigenvalue weighted by molar-refractivity contribution is 5.94.